The molecule has 5 unspecified atom stereocenters. The molecule has 66 heavy (non-hydrogen) atoms. The quantitative estimate of drug-likeness (QED) is 0.0611. The zero-order chi connectivity index (χ0) is 48.0. The van der Waals surface area contributed by atoms with E-state index < -0.39 is 131 Å². The van der Waals surface area contributed by atoms with E-state index in [-0.39, 0.29) is 55.0 Å². The molecule has 0 aromatic heterocycles. The third-order valence-corrected chi connectivity index (χ3v) is 18.4. The molecule has 17 heteroatoms. The van der Waals surface area contributed by atoms with Gasteiger partial charge in [0.25, 0.3) is 0 Å². The standard InChI is InChI=1S/C49H62FNO15/c1-26-18-34-33-9-7-28-20-30(53)13-16-44(28,3)48(33,50)36(55)22-46(34,5)49(26,62)38(57)24-64-42(60)65-25-51-66-40(59)11-10-39(58)63-23-37(56)47(61)17-14-32-31-8-6-27-19-29(52)12-15-43(27,2)41(31)35(54)21-45(32,47)4/h12-13,15-16,19-20,26,31-36,41,51,54-55,61-62H,6-11,14,17-18,21-25H2,1-5H3/t26-,31?,32?,33?,34?,35-,36-,41?,43-,44-,45-,46-,47-,48-,49-/m0/s1. The van der Waals surface area contributed by atoms with Crippen LogP contribution in [-0.2, 0) is 47.8 Å². The number of hydrogen-bond acceptors (Lipinski definition) is 16. The van der Waals surface area contributed by atoms with Crippen molar-refractivity contribution in [2.45, 2.75) is 134 Å². The summed E-state index contributed by atoms with van der Waals surface area (Å²) in [4.78, 5) is 93.7. The van der Waals surface area contributed by atoms with Crippen molar-refractivity contribution in [3.63, 3.8) is 0 Å². The monoisotopic (exact) mass is 923 g/mol. The van der Waals surface area contributed by atoms with Crippen LogP contribution in [0.4, 0.5) is 9.18 Å². The number of halogens is 1. The molecule has 6 fully saturated rings. The van der Waals surface area contributed by atoms with Gasteiger partial charge in [-0.25, -0.2) is 9.18 Å². The van der Waals surface area contributed by atoms with E-state index in [9.17, 15) is 54.0 Å². The SMILES string of the molecule is C[C@H]1CC2C3CCC4=CC(=O)C=C[C@]4(C)[C@@]3(F)[C@@H](O)C[C@]2(C)[C@@]1(O)C(=O)COC(=O)OCNOC(=O)CCC(=O)OCC(=O)[C@@]1(O)CCC2C3CCC4=CC(=O)C=C[C@]4(C)C3[C@@H](O)C[C@@]21C. The molecule has 5 N–H and O–H groups in total. The number of Topliss-reactive ketones (excluding diaryl/α,β-unsaturated/α-hetero) is 2. The summed E-state index contributed by atoms with van der Waals surface area (Å²) in [5, 5.41) is 47.1. The highest BCUT2D eigenvalue weighted by molar-refractivity contribution is 6.02. The van der Waals surface area contributed by atoms with Crippen molar-refractivity contribution in [1.29, 1.82) is 0 Å². The van der Waals surface area contributed by atoms with Gasteiger partial charge in [-0.1, -0.05) is 51.0 Å². The van der Waals surface area contributed by atoms with Gasteiger partial charge < -0.3 is 39.5 Å². The number of aliphatic hydroxyl groups excluding tert-OH is 2. The maximum atomic E-state index is 17.4. The van der Waals surface area contributed by atoms with E-state index >= 15 is 4.39 Å². The lowest BCUT2D eigenvalue weighted by molar-refractivity contribution is -0.219. The fourth-order valence-corrected chi connectivity index (χ4v) is 15.0. The number of hydroxylamine groups is 1. The molecule has 0 aromatic rings. The zero-order valence-corrected chi connectivity index (χ0v) is 38.1. The van der Waals surface area contributed by atoms with Crippen LogP contribution in [0, 0.1) is 57.2 Å². The minimum atomic E-state index is -2.15. The maximum absolute atomic E-state index is 17.4. The summed E-state index contributed by atoms with van der Waals surface area (Å²) in [6, 6.07) is 0. The highest BCUT2D eigenvalue weighted by atomic mass is 19.1. The molecule has 8 aliphatic rings. The number of carbonyl (C=O) groups excluding carboxylic acids is 7. The first-order valence-corrected chi connectivity index (χ1v) is 23.2. The van der Waals surface area contributed by atoms with Crippen molar-refractivity contribution in [1.82, 2.24) is 5.48 Å². The van der Waals surface area contributed by atoms with Crippen LogP contribution in [0.5, 0.6) is 0 Å². The minimum Gasteiger partial charge on any atom is -0.458 e. The molecule has 0 amide bonds. The number of allylic oxidation sites excluding steroid dienone is 8. The Bertz CT molecular complexity index is 2240. The molecule has 0 bridgehead atoms. The van der Waals surface area contributed by atoms with Crippen LogP contribution >= 0.6 is 0 Å². The van der Waals surface area contributed by atoms with Crippen LogP contribution in [0.3, 0.4) is 0 Å². The molecular formula is C49H62FNO15. The average Bonchev–Trinajstić information content (AvgIpc) is 3.65. The molecule has 0 aliphatic heterocycles. The Morgan fingerprint density at radius 2 is 1.42 bits per heavy atom. The number of fused-ring (bicyclic) bond motifs is 10. The van der Waals surface area contributed by atoms with E-state index in [1.54, 1.807) is 32.9 Å². The Hall–Kier alpha value is -4.42. The number of nitrogens with one attached hydrogen (secondary N) is 1. The zero-order valence-electron chi connectivity index (χ0n) is 38.1. The average molecular weight is 924 g/mol. The van der Waals surface area contributed by atoms with E-state index in [1.807, 2.05) is 19.9 Å². The van der Waals surface area contributed by atoms with Crippen LogP contribution < -0.4 is 5.48 Å². The van der Waals surface area contributed by atoms with Gasteiger partial charge in [0.05, 0.1) is 25.0 Å². The van der Waals surface area contributed by atoms with Crippen LogP contribution in [0.2, 0.25) is 0 Å². The lowest BCUT2D eigenvalue weighted by Crippen LogP contribution is -2.69. The number of esters is 1. The van der Waals surface area contributed by atoms with Crippen LogP contribution in [-0.4, -0.2) is 111 Å². The predicted molar refractivity (Wildman–Crippen MR) is 228 cm³/mol. The lowest BCUT2D eigenvalue weighted by Gasteiger charge is -2.62. The highest BCUT2D eigenvalue weighted by Crippen LogP contribution is 2.71. The third-order valence-electron chi connectivity index (χ3n) is 18.4. The van der Waals surface area contributed by atoms with Crippen LogP contribution in [0.1, 0.15) is 105 Å². The molecule has 0 heterocycles. The molecular weight excluding hydrogens is 862 g/mol. The molecule has 360 valence electrons. The third kappa shape index (κ3) is 7.03. The van der Waals surface area contributed by atoms with Crippen molar-refractivity contribution in [3.05, 3.63) is 47.6 Å². The summed E-state index contributed by atoms with van der Waals surface area (Å²) in [7, 11) is 0. The first kappa shape index (κ1) is 48.1. The smallest absolute Gasteiger partial charge is 0.458 e. The lowest BCUT2D eigenvalue weighted by atomic mass is 9.44. The van der Waals surface area contributed by atoms with Gasteiger partial charge in [0.15, 0.2) is 37.2 Å². The normalized spacial score (nSPS) is 44.0. The molecule has 0 aromatic carbocycles. The second-order valence-corrected chi connectivity index (χ2v) is 21.2. The first-order valence-electron chi connectivity index (χ1n) is 23.2. The molecule has 16 nitrogen and oxygen atoms in total. The molecule has 0 spiro atoms. The second-order valence-electron chi connectivity index (χ2n) is 21.2. The Balaban J connectivity index is 0.758. The maximum Gasteiger partial charge on any atom is 0.510 e. The Kier molecular flexibility index (Phi) is 12.1. The van der Waals surface area contributed by atoms with Crippen molar-refractivity contribution in [3.8, 4) is 0 Å². The van der Waals surface area contributed by atoms with Gasteiger partial charge >= 0.3 is 18.1 Å². The largest absolute Gasteiger partial charge is 0.510 e. The van der Waals surface area contributed by atoms with E-state index in [0.29, 0.717) is 37.7 Å². The summed E-state index contributed by atoms with van der Waals surface area (Å²) in [6.07, 6.45) is 7.56. The first-order chi connectivity index (χ1) is 30.9. The van der Waals surface area contributed by atoms with Crippen molar-refractivity contribution < 1.29 is 77.4 Å². The number of ketones is 4. The Morgan fingerprint density at radius 1 is 0.773 bits per heavy atom. The topological polar surface area (TPSA) is 249 Å². The van der Waals surface area contributed by atoms with Gasteiger partial charge in [-0.3, -0.25) is 28.8 Å². The summed E-state index contributed by atoms with van der Waals surface area (Å²) >= 11 is 0. The summed E-state index contributed by atoms with van der Waals surface area (Å²) in [5.41, 5.74) is -6.44. The van der Waals surface area contributed by atoms with Gasteiger partial charge in [-0.15, -0.1) is 5.48 Å². The molecule has 8 rings (SSSR count). The number of rotatable bonds is 12. The second kappa shape index (κ2) is 16.7. The molecule has 0 radical (unpaired) electrons. The fraction of sp³-hybridized carbons (Fsp3) is 0.694. The number of aliphatic hydroxyl groups is 4. The van der Waals surface area contributed by atoms with Crippen LogP contribution in [0.25, 0.3) is 0 Å². The Morgan fingerprint density at radius 3 is 2.15 bits per heavy atom. The van der Waals surface area contributed by atoms with Gasteiger partial charge in [0.1, 0.15) is 11.2 Å². The van der Waals surface area contributed by atoms with E-state index in [1.165, 1.54) is 18.2 Å². The highest BCUT2D eigenvalue weighted by Gasteiger charge is 2.76. The van der Waals surface area contributed by atoms with Gasteiger partial charge in [0, 0.05) is 33.5 Å². The Labute approximate surface area is 382 Å². The summed E-state index contributed by atoms with van der Waals surface area (Å²) in [5.74, 6) is -5.94. The van der Waals surface area contributed by atoms with Crippen molar-refractivity contribution in [2.24, 2.45) is 57.2 Å². The van der Waals surface area contributed by atoms with Crippen molar-refractivity contribution >= 4 is 41.2 Å². The van der Waals surface area contributed by atoms with E-state index in [0.717, 1.165) is 5.57 Å². The van der Waals surface area contributed by atoms with E-state index in [2.05, 4.69) is 5.48 Å². The van der Waals surface area contributed by atoms with E-state index in [4.69, 9.17) is 19.0 Å². The van der Waals surface area contributed by atoms with Gasteiger partial charge in [0.2, 0.25) is 11.6 Å². The van der Waals surface area contributed by atoms with Crippen LogP contribution in [0.15, 0.2) is 47.6 Å². The molecule has 0 saturated heterocycles. The number of carbonyl (C=O) groups is 7. The van der Waals surface area contributed by atoms with Gasteiger partial charge in [-0.2, -0.15) is 0 Å². The van der Waals surface area contributed by atoms with Crippen molar-refractivity contribution in [2.75, 3.05) is 19.9 Å². The molecule has 8 aliphatic carbocycles. The number of hydrogen-bond donors (Lipinski definition) is 5. The molecule has 6 saturated carbocycles. The molecule has 15 atom stereocenters. The number of alkyl halides is 1. The van der Waals surface area contributed by atoms with Gasteiger partial charge in [-0.05, 0) is 113 Å². The minimum absolute atomic E-state index is 0.00604. The summed E-state index contributed by atoms with van der Waals surface area (Å²) < 4.78 is 32.5. The predicted octanol–water partition coefficient (Wildman–Crippen LogP) is 3.96. The summed E-state index contributed by atoms with van der Waals surface area (Å²) in [6.45, 7) is 6.48. The fourth-order valence-electron chi connectivity index (χ4n) is 15.0. The number of ether oxygens (including phenoxy) is 3.